The quantitative estimate of drug-likeness (QED) is 0.828. The van der Waals surface area contributed by atoms with Gasteiger partial charge >= 0.3 is 12.0 Å². The van der Waals surface area contributed by atoms with Crippen molar-refractivity contribution in [2.75, 3.05) is 38.2 Å². The zero-order valence-electron chi connectivity index (χ0n) is 11.1. The Kier molecular flexibility index (Phi) is 4.93. The highest BCUT2D eigenvalue weighted by atomic mass is 32.2. The highest BCUT2D eigenvalue weighted by Gasteiger charge is 2.34. The minimum Gasteiger partial charge on any atom is -0.481 e. The van der Waals surface area contributed by atoms with Gasteiger partial charge in [0.2, 0.25) is 0 Å². The molecule has 7 heteroatoms. The number of likely N-dealkylation sites (tertiary alicyclic amines) is 1. The molecule has 2 unspecified atom stereocenters. The number of urea groups is 1. The Hall–Kier alpha value is -0.950. The fraction of sp³-hybridized carbons (Fsp3) is 0.833. The van der Waals surface area contributed by atoms with Crippen molar-refractivity contribution >= 4 is 23.8 Å². The highest BCUT2D eigenvalue weighted by molar-refractivity contribution is 7.99. The van der Waals surface area contributed by atoms with Gasteiger partial charge in [0.1, 0.15) is 0 Å². The van der Waals surface area contributed by atoms with E-state index in [1.165, 1.54) is 0 Å². The molecular formula is C12H20N2O4S. The molecule has 0 aliphatic carbocycles. The molecule has 0 radical (unpaired) electrons. The summed E-state index contributed by atoms with van der Waals surface area (Å²) in [7, 11) is 1.66. The number of nitrogens with zero attached hydrogens (tertiary/aromatic N) is 2. The van der Waals surface area contributed by atoms with E-state index in [0.29, 0.717) is 25.4 Å². The molecule has 19 heavy (non-hydrogen) atoms. The molecule has 0 bridgehead atoms. The maximum atomic E-state index is 12.4. The van der Waals surface area contributed by atoms with Crippen LogP contribution in [0.15, 0.2) is 0 Å². The fourth-order valence-electron chi connectivity index (χ4n) is 2.55. The van der Waals surface area contributed by atoms with E-state index < -0.39 is 5.97 Å². The van der Waals surface area contributed by atoms with E-state index in [1.54, 1.807) is 28.7 Å². The third kappa shape index (κ3) is 3.54. The van der Waals surface area contributed by atoms with Crippen molar-refractivity contribution in [1.82, 2.24) is 9.80 Å². The predicted octanol–water partition coefficient (Wildman–Crippen LogP) is 0.719. The molecule has 108 valence electrons. The summed E-state index contributed by atoms with van der Waals surface area (Å²) >= 11 is 1.71. The second-order valence-corrected chi connectivity index (χ2v) is 6.04. The molecule has 2 aliphatic rings. The lowest BCUT2D eigenvalue weighted by molar-refractivity contribution is -0.138. The van der Waals surface area contributed by atoms with Gasteiger partial charge in [0.05, 0.1) is 18.6 Å². The number of amides is 2. The maximum absolute atomic E-state index is 12.4. The van der Waals surface area contributed by atoms with Crippen LogP contribution in [-0.2, 0) is 9.53 Å². The van der Waals surface area contributed by atoms with Crippen LogP contribution < -0.4 is 0 Å². The van der Waals surface area contributed by atoms with Crippen molar-refractivity contribution in [3.63, 3.8) is 0 Å². The van der Waals surface area contributed by atoms with Crippen molar-refractivity contribution < 1.29 is 19.4 Å². The van der Waals surface area contributed by atoms with Crippen molar-refractivity contribution in [2.45, 2.75) is 25.0 Å². The van der Waals surface area contributed by atoms with Crippen LogP contribution >= 0.6 is 11.8 Å². The number of methoxy groups -OCH3 is 1. The molecule has 2 amide bonds. The number of aliphatic carboxylic acids is 1. The molecule has 0 aromatic rings. The summed E-state index contributed by atoms with van der Waals surface area (Å²) in [5.74, 6) is 0.740. The Morgan fingerprint density at radius 1 is 1.42 bits per heavy atom. The molecule has 2 fully saturated rings. The van der Waals surface area contributed by atoms with Gasteiger partial charge in [-0.3, -0.25) is 4.79 Å². The third-order valence-corrected chi connectivity index (χ3v) is 4.72. The summed E-state index contributed by atoms with van der Waals surface area (Å²) in [6.07, 6.45) is 0.996. The normalized spacial score (nSPS) is 27.6. The van der Waals surface area contributed by atoms with Crippen molar-refractivity contribution in [3.05, 3.63) is 0 Å². The van der Waals surface area contributed by atoms with E-state index in [0.717, 1.165) is 12.2 Å². The zero-order chi connectivity index (χ0) is 13.8. The van der Waals surface area contributed by atoms with E-state index in [-0.39, 0.29) is 24.6 Å². The molecule has 2 aliphatic heterocycles. The monoisotopic (exact) mass is 288 g/mol. The van der Waals surface area contributed by atoms with Crippen molar-refractivity contribution in [2.24, 2.45) is 0 Å². The average Bonchev–Trinajstić information content (AvgIpc) is 2.86. The second-order valence-electron chi connectivity index (χ2n) is 4.89. The number of carbonyl (C=O) groups is 2. The lowest BCUT2D eigenvalue weighted by atomic mass is 10.2. The number of carboxylic acid groups (broad SMARTS) is 1. The lowest BCUT2D eigenvalue weighted by Crippen LogP contribution is -2.52. The Labute approximate surface area is 117 Å². The van der Waals surface area contributed by atoms with Crippen LogP contribution in [0.25, 0.3) is 0 Å². The standard InChI is InChI=1S/C12H20N2O4S/c1-18-10-2-3-13(7-10)12(17)14-4-5-19-8-9(14)6-11(15)16/h9-10H,2-8H2,1H3,(H,15,16). The minimum absolute atomic E-state index is 0.0281. The minimum atomic E-state index is -0.846. The Bertz CT molecular complexity index is 353. The number of carbonyl (C=O) groups excluding carboxylic acids is 1. The second kappa shape index (κ2) is 6.47. The van der Waals surface area contributed by atoms with Crippen LogP contribution in [0.4, 0.5) is 4.79 Å². The summed E-state index contributed by atoms with van der Waals surface area (Å²) in [6.45, 7) is 1.94. The van der Waals surface area contributed by atoms with Crippen LogP contribution in [0.1, 0.15) is 12.8 Å². The Morgan fingerprint density at radius 3 is 2.84 bits per heavy atom. The zero-order valence-corrected chi connectivity index (χ0v) is 11.9. The van der Waals surface area contributed by atoms with E-state index in [9.17, 15) is 9.59 Å². The number of ether oxygens (including phenoxy) is 1. The molecule has 0 saturated carbocycles. The van der Waals surface area contributed by atoms with E-state index in [4.69, 9.17) is 9.84 Å². The van der Waals surface area contributed by atoms with Gasteiger partial charge in [-0.25, -0.2) is 4.79 Å². The van der Waals surface area contributed by atoms with Gasteiger partial charge < -0.3 is 19.6 Å². The summed E-state index contributed by atoms with van der Waals surface area (Å²) in [5.41, 5.74) is 0. The van der Waals surface area contributed by atoms with Gasteiger partial charge in [-0.1, -0.05) is 0 Å². The largest absolute Gasteiger partial charge is 0.481 e. The van der Waals surface area contributed by atoms with Gasteiger partial charge in [-0.15, -0.1) is 0 Å². The molecular weight excluding hydrogens is 268 g/mol. The smallest absolute Gasteiger partial charge is 0.320 e. The number of hydrogen-bond donors (Lipinski definition) is 1. The summed E-state index contributed by atoms with van der Waals surface area (Å²) in [4.78, 5) is 26.8. The van der Waals surface area contributed by atoms with Crippen molar-refractivity contribution in [1.29, 1.82) is 0 Å². The first-order valence-electron chi connectivity index (χ1n) is 6.49. The average molecular weight is 288 g/mol. The molecule has 2 saturated heterocycles. The van der Waals surface area contributed by atoms with Gasteiger partial charge in [0.25, 0.3) is 0 Å². The van der Waals surface area contributed by atoms with Crippen LogP contribution in [0.3, 0.4) is 0 Å². The van der Waals surface area contributed by atoms with Crippen LogP contribution in [0.5, 0.6) is 0 Å². The number of hydrogen-bond acceptors (Lipinski definition) is 4. The van der Waals surface area contributed by atoms with Gasteiger partial charge in [0, 0.05) is 38.2 Å². The molecule has 0 aromatic carbocycles. The molecule has 1 N–H and O–H groups in total. The molecule has 0 aromatic heterocycles. The first-order chi connectivity index (χ1) is 9.11. The third-order valence-electron chi connectivity index (χ3n) is 3.63. The first kappa shape index (κ1) is 14.5. The van der Waals surface area contributed by atoms with Gasteiger partial charge in [0.15, 0.2) is 0 Å². The Balaban J connectivity index is 1.97. The van der Waals surface area contributed by atoms with Gasteiger partial charge in [-0.2, -0.15) is 11.8 Å². The van der Waals surface area contributed by atoms with E-state index >= 15 is 0 Å². The van der Waals surface area contributed by atoms with Crippen LogP contribution in [0.2, 0.25) is 0 Å². The number of rotatable bonds is 3. The van der Waals surface area contributed by atoms with Crippen molar-refractivity contribution in [3.8, 4) is 0 Å². The number of carboxylic acids is 1. The highest BCUT2D eigenvalue weighted by Crippen LogP contribution is 2.22. The molecule has 0 spiro atoms. The first-order valence-corrected chi connectivity index (χ1v) is 7.65. The molecule has 2 heterocycles. The van der Waals surface area contributed by atoms with Crippen LogP contribution in [-0.4, -0.2) is 77.3 Å². The van der Waals surface area contributed by atoms with Crippen LogP contribution in [0, 0.1) is 0 Å². The maximum Gasteiger partial charge on any atom is 0.320 e. The summed E-state index contributed by atoms with van der Waals surface area (Å²) in [5, 5.41) is 8.93. The van der Waals surface area contributed by atoms with E-state index in [2.05, 4.69) is 0 Å². The topological polar surface area (TPSA) is 70.1 Å². The predicted molar refractivity (Wildman–Crippen MR) is 72.5 cm³/mol. The SMILES string of the molecule is COC1CCN(C(=O)N2CCSCC2CC(=O)O)C1. The molecule has 2 atom stereocenters. The summed E-state index contributed by atoms with van der Waals surface area (Å²) < 4.78 is 5.26. The lowest BCUT2D eigenvalue weighted by Gasteiger charge is -2.37. The molecule has 2 rings (SSSR count). The molecule has 6 nitrogen and oxygen atoms in total. The van der Waals surface area contributed by atoms with E-state index in [1.807, 2.05) is 0 Å². The fourth-order valence-corrected chi connectivity index (χ4v) is 3.62. The van der Waals surface area contributed by atoms with Gasteiger partial charge in [-0.05, 0) is 6.42 Å². The number of thioether (sulfide) groups is 1. The Morgan fingerprint density at radius 2 is 2.21 bits per heavy atom. The summed E-state index contributed by atoms with van der Waals surface area (Å²) in [6, 6.07) is -0.226.